The quantitative estimate of drug-likeness (QED) is 0.698. The minimum atomic E-state index is -0.652. The van der Waals surface area contributed by atoms with E-state index in [1.165, 1.54) is 6.92 Å². The van der Waals surface area contributed by atoms with Crippen LogP contribution in [0.25, 0.3) is 0 Å². The molecule has 3 rings (SSSR count). The number of hydrogen-bond acceptors (Lipinski definition) is 5. The fourth-order valence-corrected chi connectivity index (χ4v) is 3.59. The molecule has 0 bridgehead atoms. The molecule has 1 N–H and O–H groups in total. The average Bonchev–Trinajstić information content (AvgIpc) is 2.90. The normalized spacial score (nSPS) is 17.0. The number of hydrogen-bond donors (Lipinski definition) is 1. The van der Waals surface area contributed by atoms with Crippen molar-refractivity contribution in [3.63, 3.8) is 0 Å². The number of amides is 1. The molecule has 0 radical (unpaired) electrons. The minimum Gasteiger partial charge on any atom is -0.302 e. The van der Waals surface area contributed by atoms with Gasteiger partial charge in [0.2, 0.25) is 5.91 Å². The molecule has 6 heteroatoms. The molecule has 1 aliphatic carbocycles. The highest BCUT2D eigenvalue weighted by Gasteiger charge is 2.35. The van der Waals surface area contributed by atoms with E-state index in [-0.39, 0.29) is 17.5 Å². The number of thiazole rings is 1. The molecule has 112 valence electrons. The molecule has 1 aromatic heterocycles. The van der Waals surface area contributed by atoms with Crippen molar-refractivity contribution in [1.82, 2.24) is 4.98 Å². The first-order valence-corrected chi connectivity index (χ1v) is 7.78. The second-order valence-corrected chi connectivity index (χ2v) is 6.16. The summed E-state index contributed by atoms with van der Waals surface area (Å²) >= 11 is 1.14. The van der Waals surface area contributed by atoms with Crippen molar-refractivity contribution < 1.29 is 14.4 Å². The maximum Gasteiger partial charge on any atom is 0.223 e. The number of carbonyl (C=O) groups excluding carboxylic acids is 3. The molecule has 0 aliphatic heterocycles. The Morgan fingerprint density at radius 2 is 2.00 bits per heavy atom. The Morgan fingerprint density at radius 1 is 1.27 bits per heavy atom. The SMILES string of the molecule is CC(=O)Nc1nc2c(s1)C(=O)C(C(=O)c1ccccc1)CC2. The second-order valence-electron chi connectivity index (χ2n) is 5.16. The van der Waals surface area contributed by atoms with Crippen LogP contribution in [0.15, 0.2) is 30.3 Å². The van der Waals surface area contributed by atoms with Crippen molar-refractivity contribution >= 4 is 33.9 Å². The number of nitrogens with one attached hydrogen (secondary N) is 1. The van der Waals surface area contributed by atoms with E-state index in [0.29, 0.717) is 34.1 Å². The average molecular weight is 314 g/mol. The zero-order chi connectivity index (χ0) is 15.7. The van der Waals surface area contributed by atoms with Crippen LogP contribution in [0.5, 0.6) is 0 Å². The van der Waals surface area contributed by atoms with E-state index >= 15 is 0 Å². The molecule has 0 fully saturated rings. The standard InChI is InChI=1S/C16H14N2O3S/c1-9(19)17-16-18-12-8-7-11(14(21)15(12)22-16)13(20)10-5-3-2-4-6-10/h2-6,11H,7-8H2,1H3,(H,17,18,19). The summed E-state index contributed by atoms with van der Waals surface area (Å²) in [7, 11) is 0. The summed E-state index contributed by atoms with van der Waals surface area (Å²) in [4.78, 5) is 40.9. The Bertz CT molecular complexity index is 752. The fourth-order valence-electron chi connectivity index (χ4n) is 2.54. The summed E-state index contributed by atoms with van der Waals surface area (Å²) in [6, 6.07) is 8.85. The number of aromatic nitrogens is 1. The van der Waals surface area contributed by atoms with E-state index in [4.69, 9.17) is 0 Å². The van der Waals surface area contributed by atoms with E-state index in [2.05, 4.69) is 10.3 Å². The van der Waals surface area contributed by atoms with Crippen molar-refractivity contribution in [2.75, 3.05) is 5.32 Å². The Hall–Kier alpha value is -2.34. The van der Waals surface area contributed by atoms with Gasteiger partial charge < -0.3 is 5.32 Å². The Labute approximate surface area is 131 Å². The van der Waals surface area contributed by atoms with Gasteiger partial charge in [0.05, 0.1) is 16.5 Å². The van der Waals surface area contributed by atoms with Gasteiger partial charge in [-0.05, 0) is 12.8 Å². The molecule has 22 heavy (non-hydrogen) atoms. The summed E-state index contributed by atoms with van der Waals surface area (Å²) < 4.78 is 0. The number of fused-ring (bicyclic) bond motifs is 1. The molecule has 1 unspecified atom stereocenters. The summed E-state index contributed by atoms with van der Waals surface area (Å²) in [6.45, 7) is 1.39. The maximum atomic E-state index is 12.6. The largest absolute Gasteiger partial charge is 0.302 e. The molecular formula is C16H14N2O3S. The fraction of sp³-hybridized carbons (Fsp3) is 0.250. The zero-order valence-corrected chi connectivity index (χ0v) is 12.8. The summed E-state index contributed by atoms with van der Waals surface area (Å²) in [5.41, 5.74) is 1.23. The van der Waals surface area contributed by atoms with Gasteiger partial charge in [-0.3, -0.25) is 14.4 Å². The van der Waals surface area contributed by atoms with Crippen LogP contribution in [-0.4, -0.2) is 22.5 Å². The Morgan fingerprint density at radius 3 is 2.68 bits per heavy atom. The zero-order valence-electron chi connectivity index (χ0n) is 12.0. The summed E-state index contributed by atoms with van der Waals surface area (Å²) in [5, 5.41) is 3.01. The number of anilines is 1. The topological polar surface area (TPSA) is 76.1 Å². The van der Waals surface area contributed by atoms with Gasteiger partial charge in [0.15, 0.2) is 16.7 Å². The van der Waals surface area contributed by atoms with Gasteiger partial charge >= 0.3 is 0 Å². The first-order chi connectivity index (χ1) is 10.6. The lowest BCUT2D eigenvalue weighted by atomic mass is 9.84. The van der Waals surface area contributed by atoms with Crippen LogP contribution in [0.2, 0.25) is 0 Å². The Balaban J connectivity index is 1.86. The molecule has 2 aromatic rings. The van der Waals surface area contributed by atoms with Gasteiger partial charge in [-0.2, -0.15) is 0 Å². The van der Waals surface area contributed by atoms with E-state index < -0.39 is 5.92 Å². The van der Waals surface area contributed by atoms with Crippen LogP contribution in [-0.2, 0) is 11.2 Å². The lowest BCUT2D eigenvalue weighted by molar-refractivity contribution is -0.114. The van der Waals surface area contributed by atoms with Gasteiger partial charge in [-0.15, -0.1) is 0 Å². The molecule has 0 spiro atoms. The molecule has 1 amide bonds. The first kappa shape index (κ1) is 14.6. The van der Waals surface area contributed by atoms with Crippen LogP contribution in [0, 0.1) is 5.92 Å². The second kappa shape index (κ2) is 5.81. The van der Waals surface area contributed by atoms with Crippen LogP contribution >= 0.6 is 11.3 Å². The highest BCUT2D eigenvalue weighted by atomic mass is 32.1. The van der Waals surface area contributed by atoms with E-state index in [9.17, 15) is 14.4 Å². The van der Waals surface area contributed by atoms with Crippen molar-refractivity contribution in [1.29, 1.82) is 0 Å². The number of rotatable bonds is 3. The third-order valence-corrected chi connectivity index (χ3v) is 4.59. The van der Waals surface area contributed by atoms with Gasteiger partial charge in [0.1, 0.15) is 0 Å². The molecule has 5 nitrogen and oxygen atoms in total. The van der Waals surface area contributed by atoms with Crippen molar-refractivity contribution in [3.8, 4) is 0 Å². The van der Waals surface area contributed by atoms with E-state index in [1.807, 2.05) is 6.07 Å². The lowest BCUT2D eigenvalue weighted by Gasteiger charge is -2.18. The van der Waals surface area contributed by atoms with Gasteiger partial charge in [0.25, 0.3) is 0 Å². The predicted molar refractivity (Wildman–Crippen MR) is 83.3 cm³/mol. The molecule has 0 saturated heterocycles. The smallest absolute Gasteiger partial charge is 0.223 e. The lowest BCUT2D eigenvalue weighted by Crippen LogP contribution is -2.28. The highest BCUT2D eigenvalue weighted by molar-refractivity contribution is 7.17. The van der Waals surface area contributed by atoms with Gasteiger partial charge in [-0.1, -0.05) is 41.7 Å². The van der Waals surface area contributed by atoms with Crippen molar-refractivity contribution in [2.45, 2.75) is 19.8 Å². The Kier molecular flexibility index (Phi) is 3.85. The monoisotopic (exact) mass is 314 g/mol. The summed E-state index contributed by atoms with van der Waals surface area (Å²) in [5.74, 6) is -1.22. The molecule has 1 atom stereocenters. The first-order valence-electron chi connectivity index (χ1n) is 6.97. The van der Waals surface area contributed by atoms with Crippen LogP contribution in [0.3, 0.4) is 0 Å². The third-order valence-electron chi connectivity index (χ3n) is 3.57. The van der Waals surface area contributed by atoms with Crippen LogP contribution in [0.1, 0.15) is 39.1 Å². The van der Waals surface area contributed by atoms with Crippen LogP contribution < -0.4 is 5.32 Å². The van der Waals surface area contributed by atoms with Crippen LogP contribution in [0.4, 0.5) is 5.13 Å². The molecule has 1 aromatic carbocycles. The molecular weight excluding hydrogens is 300 g/mol. The van der Waals surface area contributed by atoms with E-state index in [1.54, 1.807) is 24.3 Å². The van der Waals surface area contributed by atoms with Crippen molar-refractivity contribution in [3.05, 3.63) is 46.5 Å². The number of nitrogens with zero attached hydrogens (tertiary/aromatic N) is 1. The number of carbonyl (C=O) groups is 3. The molecule has 1 aliphatic rings. The number of benzene rings is 1. The van der Waals surface area contributed by atoms with Crippen molar-refractivity contribution in [2.24, 2.45) is 5.92 Å². The minimum absolute atomic E-state index is 0.147. The van der Waals surface area contributed by atoms with E-state index in [0.717, 1.165) is 11.3 Å². The maximum absolute atomic E-state index is 12.6. The predicted octanol–water partition coefficient (Wildman–Crippen LogP) is 2.73. The number of aryl methyl sites for hydroxylation is 1. The summed E-state index contributed by atoms with van der Waals surface area (Å²) in [6.07, 6.45) is 1.03. The highest BCUT2D eigenvalue weighted by Crippen LogP contribution is 2.33. The number of ketones is 2. The van der Waals surface area contributed by atoms with Gasteiger partial charge in [-0.25, -0.2) is 4.98 Å². The number of Topliss-reactive ketones (excluding diaryl/α,β-unsaturated/α-hetero) is 2. The molecule has 0 saturated carbocycles. The van der Waals surface area contributed by atoms with Gasteiger partial charge in [0, 0.05) is 12.5 Å². The third kappa shape index (κ3) is 2.69. The molecule has 1 heterocycles.